The molecule has 4 aromatic carbocycles. The number of benzene rings is 4. The van der Waals surface area contributed by atoms with Gasteiger partial charge in [-0.05, 0) is 62.4 Å². The van der Waals surface area contributed by atoms with Gasteiger partial charge in [-0.2, -0.15) is 0 Å². The lowest BCUT2D eigenvalue weighted by Gasteiger charge is -2.16. The van der Waals surface area contributed by atoms with Gasteiger partial charge in [-0.3, -0.25) is 19.7 Å². The molecule has 0 aliphatic carbocycles. The van der Waals surface area contributed by atoms with Crippen molar-refractivity contribution in [2.24, 2.45) is 0 Å². The van der Waals surface area contributed by atoms with E-state index in [0.29, 0.717) is 39.9 Å². The Kier molecular flexibility index (Phi) is 6.96. The van der Waals surface area contributed by atoms with E-state index in [9.17, 15) is 19.7 Å². The maximum absolute atomic E-state index is 13.2. The molecule has 5 rings (SSSR count). The maximum Gasteiger partial charge on any atom is 0.275 e. The number of nitrogens with zero attached hydrogens (tertiary/aromatic N) is 2. The van der Waals surface area contributed by atoms with Crippen molar-refractivity contribution in [1.82, 2.24) is 4.57 Å². The molecule has 0 saturated carbocycles. The van der Waals surface area contributed by atoms with Crippen LogP contribution in [-0.4, -0.2) is 22.0 Å². The highest BCUT2D eigenvalue weighted by atomic mass is 16.6. The molecule has 0 fully saturated rings. The standard InChI is InChI=1S/C30H25N3O6/c1-3-38-22-9-11-23(12-10-22)39-24-16-20(15-21(17-24)33(36)37)31-29(34)18-32-27-7-5-4-6-25(27)30(35)26-14-19(2)8-13-28(26)32/h4-17H,3,18H2,1-2H3,(H,31,34). The fourth-order valence-electron chi connectivity index (χ4n) is 4.48. The van der Waals surface area contributed by atoms with Gasteiger partial charge in [0.25, 0.3) is 5.69 Å². The van der Waals surface area contributed by atoms with Crippen LogP contribution < -0.4 is 20.2 Å². The largest absolute Gasteiger partial charge is 0.494 e. The highest BCUT2D eigenvalue weighted by Crippen LogP contribution is 2.31. The normalized spacial score (nSPS) is 10.9. The van der Waals surface area contributed by atoms with Crippen molar-refractivity contribution in [3.8, 4) is 17.2 Å². The summed E-state index contributed by atoms with van der Waals surface area (Å²) < 4.78 is 13.0. The van der Waals surface area contributed by atoms with Crippen LogP contribution in [0.1, 0.15) is 12.5 Å². The first-order valence-corrected chi connectivity index (χ1v) is 12.3. The number of nitro groups is 1. The van der Waals surface area contributed by atoms with Gasteiger partial charge in [-0.1, -0.05) is 23.8 Å². The number of aryl methyl sites for hydroxylation is 1. The van der Waals surface area contributed by atoms with Crippen LogP contribution in [0.4, 0.5) is 11.4 Å². The Labute approximate surface area is 223 Å². The summed E-state index contributed by atoms with van der Waals surface area (Å²) in [7, 11) is 0. The zero-order valence-corrected chi connectivity index (χ0v) is 21.3. The fourth-order valence-corrected chi connectivity index (χ4v) is 4.48. The predicted molar refractivity (Wildman–Crippen MR) is 150 cm³/mol. The number of non-ortho nitro benzene ring substituents is 1. The molecular formula is C30H25N3O6. The first-order valence-electron chi connectivity index (χ1n) is 12.3. The van der Waals surface area contributed by atoms with Crippen LogP contribution >= 0.6 is 0 Å². The minimum atomic E-state index is -0.550. The van der Waals surface area contributed by atoms with Gasteiger partial charge in [0, 0.05) is 22.9 Å². The van der Waals surface area contributed by atoms with E-state index in [1.165, 1.54) is 18.2 Å². The van der Waals surface area contributed by atoms with Crippen LogP contribution in [-0.2, 0) is 11.3 Å². The Balaban J connectivity index is 1.46. The lowest BCUT2D eigenvalue weighted by molar-refractivity contribution is -0.384. The fraction of sp³-hybridized carbons (Fsp3) is 0.133. The molecule has 0 radical (unpaired) electrons. The summed E-state index contributed by atoms with van der Waals surface area (Å²) in [6.45, 7) is 4.20. The number of nitrogens with one attached hydrogen (secondary N) is 1. The molecule has 0 atom stereocenters. The van der Waals surface area contributed by atoms with Gasteiger partial charge in [0.1, 0.15) is 23.8 Å². The Morgan fingerprint density at radius 2 is 1.62 bits per heavy atom. The van der Waals surface area contributed by atoms with E-state index in [2.05, 4.69) is 5.32 Å². The van der Waals surface area contributed by atoms with Crippen molar-refractivity contribution in [2.45, 2.75) is 20.4 Å². The van der Waals surface area contributed by atoms with Crippen LogP contribution in [0.15, 0.2) is 89.7 Å². The number of hydrogen-bond acceptors (Lipinski definition) is 6. The summed E-state index contributed by atoms with van der Waals surface area (Å²) in [4.78, 5) is 37.4. The molecule has 39 heavy (non-hydrogen) atoms. The third-order valence-corrected chi connectivity index (χ3v) is 6.18. The van der Waals surface area contributed by atoms with Crippen LogP contribution in [0.2, 0.25) is 0 Å². The van der Waals surface area contributed by atoms with E-state index in [1.54, 1.807) is 53.1 Å². The molecule has 0 aliphatic rings. The number of para-hydroxylation sites is 1. The van der Waals surface area contributed by atoms with E-state index in [4.69, 9.17) is 9.47 Å². The van der Waals surface area contributed by atoms with Gasteiger partial charge >= 0.3 is 0 Å². The van der Waals surface area contributed by atoms with E-state index >= 15 is 0 Å². The van der Waals surface area contributed by atoms with E-state index in [0.717, 1.165) is 5.56 Å². The summed E-state index contributed by atoms with van der Waals surface area (Å²) in [5, 5.41) is 15.4. The number of fused-ring (bicyclic) bond motifs is 2. The lowest BCUT2D eigenvalue weighted by atomic mass is 10.1. The van der Waals surface area contributed by atoms with Crippen LogP contribution in [0.5, 0.6) is 17.2 Å². The van der Waals surface area contributed by atoms with Crippen molar-refractivity contribution >= 4 is 39.1 Å². The lowest BCUT2D eigenvalue weighted by Crippen LogP contribution is -2.21. The average Bonchev–Trinajstić information content (AvgIpc) is 2.92. The number of pyridine rings is 1. The second-order valence-electron chi connectivity index (χ2n) is 8.98. The van der Waals surface area contributed by atoms with Gasteiger partial charge in [0.05, 0.1) is 34.3 Å². The van der Waals surface area contributed by atoms with Gasteiger partial charge in [-0.25, -0.2) is 0 Å². The van der Waals surface area contributed by atoms with E-state index in [1.807, 2.05) is 32.0 Å². The van der Waals surface area contributed by atoms with Crippen molar-refractivity contribution in [1.29, 1.82) is 0 Å². The van der Waals surface area contributed by atoms with Gasteiger partial charge in [-0.15, -0.1) is 0 Å². The molecule has 1 N–H and O–H groups in total. The Hall–Kier alpha value is -5.18. The van der Waals surface area contributed by atoms with Gasteiger partial charge < -0.3 is 19.4 Å². The van der Waals surface area contributed by atoms with Crippen LogP contribution in [0.25, 0.3) is 21.8 Å². The number of carbonyl (C=O) groups is 1. The summed E-state index contributed by atoms with van der Waals surface area (Å²) in [5.74, 6) is 0.906. The minimum Gasteiger partial charge on any atom is -0.494 e. The number of amides is 1. The van der Waals surface area contributed by atoms with E-state index in [-0.39, 0.29) is 29.1 Å². The molecule has 1 amide bonds. The molecule has 5 aromatic rings. The third-order valence-electron chi connectivity index (χ3n) is 6.18. The molecule has 9 heteroatoms. The number of aromatic nitrogens is 1. The van der Waals surface area contributed by atoms with Crippen LogP contribution in [0, 0.1) is 17.0 Å². The first kappa shape index (κ1) is 25.5. The van der Waals surface area contributed by atoms with Gasteiger partial charge in [0.15, 0.2) is 5.43 Å². The molecule has 1 heterocycles. The van der Waals surface area contributed by atoms with Crippen molar-refractivity contribution in [3.05, 3.63) is 111 Å². The number of carbonyl (C=O) groups excluding carboxylic acids is 1. The minimum absolute atomic E-state index is 0.101. The molecule has 0 unspecified atom stereocenters. The number of rotatable bonds is 8. The number of hydrogen-bond donors (Lipinski definition) is 1. The first-order chi connectivity index (χ1) is 18.8. The Morgan fingerprint density at radius 1 is 0.897 bits per heavy atom. The van der Waals surface area contributed by atoms with Gasteiger partial charge in [0.2, 0.25) is 5.91 Å². The summed E-state index contributed by atoms with van der Waals surface area (Å²) in [6.07, 6.45) is 0. The quantitative estimate of drug-likeness (QED) is 0.147. The highest BCUT2D eigenvalue weighted by Gasteiger charge is 2.16. The molecule has 9 nitrogen and oxygen atoms in total. The smallest absolute Gasteiger partial charge is 0.275 e. The average molecular weight is 524 g/mol. The summed E-state index contributed by atoms with van der Waals surface area (Å²) in [6, 6.07) is 23.6. The number of ether oxygens (including phenoxy) is 2. The predicted octanol–water partition coefficient (Wildman–Crippen LogP) is 6.20. The van der Waals surface area contributed by atoms with E-state index < -0.39 is 10.8 Å². The second kappa shape index (κ2) is 10.7. The molecule has 0 aliphatic heterocycles. The maximum atomic E-state index is 13.2. The highest BCUT2D eigenvalue weighted by molar-refractivity contribution is 5.97. The molecular weight excluding hydrogens is 498 g/mol. The van der Waals surface area contributed by atoms with Crippen molar-refractivity contribution in [2.75, 3.05) is 11.9 Å². The summed E-state index contributed by atoms with van der Waals surface area (Å²) in [5.41, 5.74) is 2.05. The van der Waals surface area contributed by atoms with Crippen molar-refractivity contribution in [3.63, 3.8) is 0 Å². The molecule has 1 aromatic heterocycles. The van der Waals surface area contributed by atoms with Crippen LogP contribution in [0.3, 0.4) is 0 Å². The third kappa shape index (κ3) is 5.42. The molecule has 0 saturated heterocycles. The SMILES string of the molecule is CCOc1ccc(Oc2cc(NC(=O)Cn3c4ccccc4c(=O)c4cc(C)ccc43)cc([N+](=O)[O-])c2)cc1. The summed E-state index contributed by atoms with van der Waals surface area (Å²) >= 11 is 0. The zero-order valence-electron chi connectivity index (χ0n) is 21.3. The topological polar surface area (TPSA) is 113 Å². The zero-order chi connectivity index (χ0) is 27.5. The molecule has 0 bridgehead atoms. The molecule has 196 valence electrons. The number of anilines is 1. The molecule has 0 spiro atoms. The Morgan fingerprint density at radius 3 is 2.36 bits per heavy atom. The van der Waals surface area contributed by atoms with Crippen molar-refractivity contribution < 1.29 is 19.2 Å². The number of nitro benzene ring substituents is 1. The Bertz CT molecular complexity index is 1780. The second-order valence-corrected chi connectivity index (χ2v) is 8.98. The monoisotopic (exact) mass is 523 g/mol.